The molecular formula is C27H17N3O2. The highest BCUT2D eigenvalue weighted by Crippen LogP contribution is 2.32. The molecule has 3 aromatic heterocycles. The highest BCUT2D eigenvalue weighted by atomic mass is 16.3. The number of ketones is 1. The lowest BCUT2D eigenvalue weighted by Crippen LogP contribution is -2.05. The van der Waals surface area contributed by atoms with Gasteiger partial charge >= 0.3 is 0 Å². The number of phenolic OH excluding ortho intramolecular Hbond substituents is 1. The first-order chi connectivity index (χ1) is 15.7. The van der Waals surface area contributed by atoms with Gasteiger partial charge in [0.25, 0.3) is 0 Å². The number of nitrogens with zero attached hydrogens (tertiary/aromatic N) is 3. The third kappa shape index (κ3) is 2.76. The fourth-order valence-corrected chi connectivity index (χ4v) is 4.25. The molecule has 0 amide bonds. The normalized spacial score (nSPS) is 11.4. The van der Waals surface area contributed by atoms with Gasteiger partial charge < -0.3 is 5.11 Å². The first-order valence-corrected chi connectivity index (χ1v) is 10.3. The number of aromatic nitrogens is 3. The number of aromatic hydroxyl groups is 1. The maximum Gasteiger partial charge on any atom is 0.211 e. The fraction of sp³-hybridized carbons (Fsp3) is 0. The number of phenols is 1. The van der Waals surface area contributed by atoms with E-state index < -0.39 is 0 Å². The lowest BCUT2D eigenvalue weighted by Gasteiger charge is -2.08. The summed E-state index contributed by atoms with van der Waals surface area (Å²) in [5.41, 5.74) is 3.17. The van der Waals surface area contributed by atoms with E-state index in [1.54, 1.807) is 30.5 Å². The van der Waals surface area contributed by atoms with Crippen LogP contribution in [0.4, 0.5) is 0 Å². The maximum atomic E-state index is 13.3. The predicted octanol–water partition coefficient (Wildman–Crippen LogP) is 5.66. The minimum absolute atomic E-state index is 0.0582. The number of para-hydroxylation sites is 2. The van der Waals surface area contributed by atoms with Gasteiger partial charge in [-0.05, 0) is 36.4 Å². The van der Waals surface area contributed by atoms with Crippen molar-refractivity contribution in [1.82, 2.24) is 14.5 Å². The summed E-state index contributed by atoms with van der Waals surface area (Å²) in [6.07, 6.45) is 1.76. The number of pyridine rings is 2. The van der Waals surface area contributed by atoms with Crippen LogP contribution < -0.4 is 0 Å². The summed E-state index contributed by atoms with van der Waals surface area (Å²) in [6, 6.07) is 28.3. The number of fused-ring (bicyclic) bond motifs is 4. The Kier molecular flexibility index (Phi) is 4.01. The lowest BCUT2D eigenvalue weighted by molar-refractivity contribution is 0.103. The molecule has 3 heterocycles. The number of hydrogen-bond acceptors (Lipinski definition) is 4. The molecule has 32 heavy (non-hydrogen) atoms. The van der Waals surface area contributed by atoms with E-state index >= 15 is 0 Å². The monoisotopic (exact) mass is 415 g/mol. The molecule has 0 saturated carbocycles. The summed E-state index contributed by atoms with van der Waals surface area (Å²) in [7, 11) is 0. The van der Waals surface area contributed by atoms with Crippen molar-refractivity contribution in [3.8, 4) is 11.6 Å². The second-order valence-corrected chi connectivity index (χ2v) is 7.65. The quantitative estimate of drug-likeness (QED) is 0.379. The van der Waals surface area contributed by atoms with Crippen LogP contribution in [0.25, 0.3) is 38.5 Å². The summed E-state index contributed by atoms with van der Waals surface area (Å²) in [5, 5.41) is 13.1. The summed E-state index contributed by atoms with van der Waals surface area (Å²) in [4.78, 5) is 22.3. The summed E-state index contributed by atoms with van der Waals surface area (Å²) in [6.45, 7) is 0. The van der Waals surface area contributed by atoms with Crippen molar-refractivity contribution in [3.63, 3.8) is 0 Å². The van der Waals surface area contributed by atoms with Gasteiger partial charge in [-0.25, -0.2) is 9.97 Å². The van der Waals surface area contributed by atoms with Crippen molar-refractivity contribution in [2.75, 3.05) is 0 Å². The molecule has 0 atom stereocenters. The minimum atomic E-state index is -0.199. The SMILES string of the molecule is O=C(c1ccc2c3ccccc3n(-c3ccccn3)c2c1)c1ccc2cccc(O)c2n1. The van der Waals surface area contributed by atoms with E-state index in [2.05, 4.69) is 26.7 Å². The molecule has 0 spiro atoms. The fourth-order valence-electron chi connectivity index (χ4n) is 4.25. The molecule has 0 aliphatic carbocycles. The van der Waals surface area contributed by atoms with E-state index in [4.69, 9.17) is 0 Å². The van der Waals surface area contributed by atoms with Crippen LogP contribution in [0.5, 0.6) is 5.75 Å². The largest absolute Gasteiger partial charge is 0.506 e. The first kappa shape index (κ1) is 18.3. The van der Waals surface area contributed by atoms with Crippen LogP contribution in [-0.2, 0) is 0 Å². The van der Waals surface area contributed by atoms with Crippen LogP contribution >= 0.6 is 0 Å². The van der Waals surface area contributed by atoms with Gasteiger partial charge in [-0.1, -0.05) is 54.6 Å². The van der Waals surface area contributed by atoms with E-state index in [1.165, 1.54) is 0 Å². The molecule has 1 N–H and O–H groups in total. The average Bonchev–Trinajstić information content (AvgIpc) is 3.18. The Labute approximate surface area is 183 Å². The molecule has 0 bridgehead atoms. The molecule has 0 fully saturated rings. The zero-order valence-corrected chi connectivity index (χ0v) is 16.9. The van der Waals surface area contributed by atoms with E-state index in [0.29, 0.717) is 16.8 Å². The second kappa shape index (κ2) is 7.03. The Bertz CT molecular complexity index is 1650. The zero-order valence-electron chi connectivity index (χ0n) is 16.9. The van der Waals surface area contributed by atoms with Gasteiger partial charge in [-0.15, -0.1) is 0 Å². The number of benzene rings is 3. The van der Waals surface area contributed by atoms with Crippen LogP contribution in [0.3, 0.4) is 0 Å². The molecular weight excluding hydrogens is 398 g/mol. The van der Waals surface area contributed by atoms with Crippen LogP contribution in [0.2, 0.25) is 0 Å². The zero-order chi connectivity index (χ0) is 21.7. The predicted molar refractivity (Wildman–Crippen MR) is 125 cm³/mol. The van der Waals surface area contributed by atoms with Crippen LogP contribution in [0.1, 0.15) is 16.1 Å². The van der Waals surface area contributed by atoms with E-state index in [0.717, 1.165) is 33.0 Å². The van der Waals surface area contributed by atoms with Gasteiger partial charge in [0, 0.05) is 27.9 Å². The molecule has 3 aromatic carbocycles. The third-order valence-electron chi connectivity index (χ3n) is 5.75. The number of rotatable bonds is 3. The van der Waals surface area contributed by atoms with Crippen LogP contribution in [-0.4, -0.2) is 25.4 Å². The standard InChI is InChI=1S/C27H17N3O2/c31-24-9-5-6-17-12-14-21(29-26(17)24)27(32)18-11-13-20-19-7-1-2-8-22(19)30(23(20)16-18)25-10-3-4-15-28-25/h1-16,31H. The molecule has 0 radical (unpaired) electrons. The Morgan fingerprint density at radius 1 is 0.781 bits per heavy atom. The minimum Gasteiger partial charge on any atom is -0.506 e. The van der Waals surface area contributed by atoms with Crippen molar-refractivity contribution in [2.45, 2.75) is 0 Å². The van der Waals surface area contributed by atoms with Crippen molar-refractivity contribution >= 4 is 38.5 Å². The molecule has 5 heteroatoms. The molecule has 0 aliphatic heterocycles. The number of carbonyl (C=O) groups is 1. The second-order valence-electron chi connectivity index (χ2n) is 7.65. The molecule has 5 nitrogen and oxygen atoms in total. The van der Waals surface area contributed by atoms with Gasteiger partial charge in [-0.3, -0.25) is 9.36 Å². The number of carbonyl (C=O) groups excluding carboxylic acids is 1. The number of hydrogen-bond donors (Lipinski definition) is 1. The van der Waals surface area contributed by atoms with Gasteiger partial charge in [0.1, 0.15) is 22.8 Å². The van der Waals surface area contributed by atoms with E-state index in [-0.39, 0.29) is 11.5 Å². The van der Waals surface area contributed by atoms with Gasteiger partial charge in [0.2, 0.25) is 5.78 Å². The average molecular weight is 415 g/mol. The maximum absolute atomic E-state index is 13.3. The Morgan fingerprint density at radius 3 is 2.50 bits per heavy atom. The highest BCUT2D eigenvalue weighted by Gasteiger charge is 2.17. The Hall–Kier alpha value is -4.51. The van der Waals surface area contributed by atoms with Crippen molar-refractivity contribution in [2.24, 2.45) is 0 Å². The summed E-state index contributed by atoms with van der Waals surface area (Å²) < 4.78 is 2.07. The molecule has 0 unspecified atom stereocenters. The Balaban J connectivity index is 1.56. The van der Waals surface area contributed by atoms with E-state index in [1.807, 2.05) is 54.6 Å². The lowest BCUT2D eigenvalue weighted by atomic mass is 10.0. The van der Waals surface area contributed by atoms with Crippen molar-refractivity contribution < 1.29 is 9.90 Å². The first-order valence-electron chi connectivity index (χ1n) is 10.3. The van der Waals surface area contributed by atoms with Gasteiger partial charge in [0.15, 0.2) is 0 Å². The summed E-state index contributed by atoms with van der Waals surface area (Å²) in [5.74, 6) is 0.648. The molecule has 0 saturated heterocycles. The Morgan fingerprint density at radius 2 is 1.62 bits per heavy atom. The van der Waals surface area contributed by atoms with Gasteiger partial charge in [0.05, 0.1) is 11.0 Å². The van der Waals surface area contributed by atoms with Crippen molar-refractivity contribution in [3.05, 3.63) is 108 Å². The molecule has 6 rings (SSSR count). The third-order valence-corrected chi connectivity index (χ3v) is 5.75. The van der Waals surface area contributed by atoms with E-state index in [9.17, 15) is 9.90 Å². The molecule has 152 valence electrons. The topological polar surface area (TPSA) is 68.0 Å². The van der Waals surface area contributed by atoms with Crippen molar-refractivity contribution in [1.29, 1.82) is 0 Å². The van der Waals surface area contributed by atoms with Crippen LogP contribution in [0, 0.1) is 0 Å². The smallest absolute Gasteiger partial charge is 0.211 e. The van der Waals surface area contributed by atoms with Gasteiger partial charge in [-0.2, -0.15) is 0 Å². The highest BCUT2D eigenvalue weighted by molar-refractivity contribution is 6.14. The summed E-state index contributed by atoms with van der Waals surface area (Å²) >= 11 is 0. The van der Waals surface area contributed by atoms with Crippen LogP contribution in [0.15, 0.2) is 97.2 Å². The molecule has 0 aliphatic rings. The molecule has 6 aromatic rings.